The van der Waals surface area contributed by atoms with Crippen LogP contribution in [-0.2, 0) is 9.53 Å². The van der Waals surface area contributed by atoms with Gasteiger partial charge in [-0.25, -0.2) is 4.79 Å². The number of carbonyl (C=O) groups is 1. The van der Waals surface area contributed by atoms with Crippen LogP contribution in [0.25, 0.3) is 0 Å². The van der Waals surface area contributed by atoms with Gasteiger partial charge in [-0.1, -0.05) is 13.8 Å². The molecule has 0 fully saturated rings. The van der Waals surface area contributed by atoms with E-state index in [9.17, 15) is 9.18 Å². The Kier molecular flexibility index (Phi) is 5.34. The van der Waals surface area contributed by atoms with Gasteiger partial charge in [0.15, 0.2) is 0 Å². The van der Waals surface area contributed by atoms with E-state index >= 15 is 0 Å². The predicted octanol–water partition coefficient (Wildman–Crippen LogP) is 2.45. The summed E-state index contributed by atoms with van der Waals surface area (Å²) in [4.78, 5) is 10.7. The zero-order chi connectivity index (χ0) is 9.56. The lowest BCUT2D eigenvalue weighted by atomic mass is 10.1. The molecule has 0 radical (unpaired) electrons. The van der Waals surface area contributed by atoms with Crippen LogP contribution in [0.1, 0.15) is 27.2 Å². The van der Waals surface area contributed by atoms with Crippen LogP contribution in [0.5, 0.6) is 0 Å². The van der Waals surface area contributed by atoms with Crippen molar-refractivity contribution < 1.29 is 13.9 Å². The third-order valence-electron chi connectivity index (χ3n) is 1.24. The average Bonchev–Trinajstić information content (AvgIpc) is 2.00. The molecule has 0 saturated heterocycles. The Balaban J connectivity index is 3.90. The number of rotatable bonds is 4. The van der Waals surface area contributed by atoms with Gasteiger partial charge in [0.1, 0.15) is 0 Å². The molecule has 0 spiro atoms. The summed E-state index contributed by atoms with van der Waals surface area (Å²) in [6.07, 6.45) is 1.83. The monoisotopic (exact) mass is 174 g/mol. The van der Waals surface area contributed by atoms with Crippen molar-refractivity contribution in [2.45, 2.75) is 27.2 Å². The highest BCUT2D eigenvalue weighted by atomic mass is 19.1. The molecular weight excluding hydrogens is 159 g/mol. The first-order valence-corrected chi connectivity index (χ1v) is 4.10. The van der Waals surface area contributed by atoms with Crippen LogP contribution < -0.4 is 0 Å². The summed E-state index contributed by atoms with van der Waals surface area (Å²) in [7, 11) is 0. The molecule has 2 nitrogen and oxygen atoms in total. The molecule has 0 aliphatic rings. The van der Waals surface area contributed by atoms with Crippen LogP contribution in [0.3, 0.4) is 0 Å². The van der Waals surface area contributed by atoms with E-state index in [-0.39, 0.29) is 6.61 Å². The minimum Gasteiger partial charge on any atom is -0.461 e. The smallest absolute Gasteiger partial charge is 0.366 e. The van der Waals surface area contributed by atoms with E-state index in [2.05, 4.69) is 4.74 Å². The van der Waals surface area contributed by atoms with Crippen LogP contribution in [0.2, 0.25) is 0 Å². The summed E-state index contributed by atoms with van der Waals surface area (Å²) >= 11 is 0. The second kappa shape index (κ2) is 5.75. The van der Waals surface area contributed by atoms with Gasteiger partial charge >= 0.3 is 5.97 Å². The predicted molar refractivity (Wildman–Crippen MR) is 45.3 cm³/mol. The van der Waals surface area contributed by atoms with Gasteiger partial charge in [-0.2, -0.15) is 4.39 Å². The molecule has 12 heavy (non-hydrogen) atoms. The zero-order valence-corrected chi connectivity index (χ0v) is 7.76. The van der Waals surface area contributed by atoms with Gasteiger partial charge in [0.2, 0.25) is 5.83 Å². The normalized spacial score (nSPS) is 11.9. The molecule has 0 aromatic rings. The maximum atomic E-state index is 12.7. The fraction of sp³-hybridized carbons (Fsp3) is 0.667. The minimum absolute atomic E-state index is 0.210. The quantitative estimate of drug-likeness (QED) is 0.483. The highest BCUT2D eigenvalue weighted by molar-refractivity contribution is 5.85. The number of allylic oxidation sites excluding steroid dienone is 1. The van der Waals surface area contributed by atoms with Crippen LogP contribution in [0.15, 0.2) is 11.9 Å². The molecule has 0 amide bonds. The number of esters is 1. The molecule has 0 aliphatic carbocycles. The summed E-state index contributed by atoms with van der Waals surface area (Å²) in [5.41, 5.74) is 0. The van der Waals surface area contributed by atoms with Crippen molar-refractivity contribution in [3.05, 3.63) is 11.9 Å². The molecule has 0 aliphatic heterocycles. The average molecular weight is 174 g/mol. The third kappa shape index (κ3) is 4.88. The second-order valence-electron chi connectivity index (χ2n) is 2.90. The number of hydrogen-bond acceptors (Lipinski definition) is 2. The van der Waals surface area contributed by atoms with Crippen LogP contribution >= 0.6 is 0 Å². The van der Waals surface area contributed by atoms with Gasteiger partial charge in [0.05, 0.1) is 6.61 Å². The summed E-state index contributed by atoms with van der Waals surface area (Å²) in [5, 5.41) is 0. The van der Waals surface area contributed by atoms with E-state index in [1.54, 1.807) is 6.92 Å². The van der Waals surface area contributed by atoms with E-state index < -0.39 is 11.8 Å². The van der Waals surface area contributed by atoms with Gasteiger partial charge in [-0.15, -0.1) is 0 Å². The highest BCUT2D eigenvalue weighted by Crippen LogP contribution is 2.06. The van der Waals surface area contributed by atoms with Gasteiger partial charge in [-0.05, 0) is 25.3 Å². The van der Waals surface area contributed by atoms with E-state index in [0.717, 1.165) is 0 Å². The molecule has 0 rings (SSSR count). The fourth-order valence-corrected chi connectivity index (χ4v) is 0.623. The summed E-state index contributed by atoms with van der Waals surface area (Å²) in [6, 6.07) is 0. The van der Waals surface area contributed by atoms with E-state index in [4.69, 9.17) is 0 Å². The summed E-state index contributed by atoms with van der Waals surface area (Å²) < 4.78 is 17.2. The Morgan fingerprint density at radius 3 is 2.58 bits per heavy atom. The Labute approximate surface area is 72.4 Å². The van der Waals surface area contributed by atoms with E-state index in [1.807, 2.05) is 13.8 Å². The largest absolute Gasteiger partial charge is 0.461 e. The standard InChI is InChI=1S/C9H15FO2/c1-4-12-9(11)8(10)6-5-7(2)3/h6-7H,4-5H2,1-3H3. The van der Waals surface area contributed by atoms with Gasteiger partial charge in [-0.3, -0.25) is 0 Å². The highest BCUT2D eigenvalue weighted by Gasteiger charge is 2.08. The van der Waals surface area contributed by atoms with Gasteiger partial charge in [0, 0.05) is 0 Å². The molecular formula is C9H15FO2. The van der Waals surface area contributed by atoms with Gasteiger partial charge < -0.3 is 4.74 Å². The van der Waals surface area contributed by atoms with Crippen molar-refractivity contribution in [3.8, 4) is 0 Å². The minimum atomic E-state index is -0.863. The molecule has 3 heteroatoms. The Hall–Kier alpha value is -0.860. The van der Waals surface area contributed by atoms with Crippen LogP contribution in [-0.4, -0.2) is 12.6 Å². The SMILES string of the molecule is CCOC(=O)C(F)=CCC(C)C. The first kappa shape index (κ1) is 11.1. The zero-order valence-electron chi connectivity index (χ0n) is 7.76. The van der Waals surface area contributed by atoms with Crippen LogP contribution in [0, 0.1) is 5.92 Å². The molecule has 0 N–H and O–H groups in total. The lowest BCUT2D eigenvalue weighted by Gasteiger charge is -2.00. The number of halogens is 1. The molecule has 70 valence electrons. The van der Waals surface area contributed by atoms with Crippen molar-refractivity contribution in [2.75, 3.05) is 6.61 Å². The van der Waals surface area contributed by atoms with Crippen molar-refractivity contribution in [3.63, 3.8) is 0 Å². The van der Waals surface area contributed by atoms with E-state index in [0.29, 0.717) is 12.3 Å². The van der Waals surface area contributed by atoms with Crippen molar-refractivity contribution >= 4 is 5.97 Å². The maximum absolute atomic E-state index is 12.7. The Bertz CT molecular complexity index is 173. The molecule has 0 unspecified atom stereocenters. The van der Waals surface area contributed by atoms with Crippen molar-refractivity contribution in [1.29, 1.82) is 0 Å². The molecule has 0 atom stereocenters. The van der Waals surface area contributed by atoms with Crippen LogP contribution in [0.4, 0.5) is 4.39 Å². The van der Waals surface area contributed by atoms with Crippen molar-refractivity contribution in [2.24, 2.45) is 5.92 Å². The lowest BCUT2D eigenvalue weighted by Crippen LogP contribution is -2.04. The number of carbonyl (C=O) groups excluding carboxylic acids is 1. The topological polar surface area (TPSA) is 26.3 Å². The summed E-state index contributed by atoms with van der Waals surface area (Å²) in [5.74, 6) is -1.30. The van der Waals surface area contributed by atoms with E-state index in [1.165, 1.54) is 6.08 Å². The number of hydrogen-bond donors (Lipinski definition) is 0. The second-order valence-corrected chi connectivity index (χ2v) is 2.90. The maximum Gasteiger partial charge on any atom is 0.366 e. The molecule has 0 aromatic carbocycles. The molecule has 0 bridgehead atoms. The molecule has 0 heterocycles. The third-order valence-corrected chi connectivity index (χ3v) is 1.24. The Morgan fingerprint density at radius 1 is 1.58 bits per heavy atom. The number of ether oxygens (including phenoxy) is 1. The van der Waals surface area contributed by atoms with Crippen molar-refractivity contribution in [1.82, 2.24) is 0 Å². The molecule has 0 aromatic heterocycles. The first-order valence-electron chi connectivity index (χ1n) is 4.10. The van der Waals surface area contributed by atoms with Gasteiger partial charge in [0.25, 0.3) is 0 Å². The fourth-order valence-electron chi connectivity index (χ4n) is 0.623. The first-order chi connectivity index (χ1) is 5.57. The Morgan fingerprint density at radius 2 is 2.17 bits per heavy atom. The summed E-state index contributed by atoms with van der Waals surface area (Å²) in [6.45, 7) is 5.76. The molecule has 0 saturated carbocycles. The lowest BCUT2D eigenvalue weighted by molar-refractivity contribution is -0.140.